The maximum Gasteiger partial charge on any atom is 0.262 e. The molecule has 0 bridgehead atoms. The molecule has 0 spiro atoms. The summed E-state index contributed by atoms with van der Waals surface area (Å²) in [6.07, 6.45) is 1.93. The van der Waals surface area contributed by atoms with Crippen molar-refractivity contribution in [1.29, 1.82) is 0 Å². The summed E-state index contributed by atoms with van der Waals surface area (Å²) in [5.74, 6) is 0.338. The molecule has 1 aliphatic heterocycles. The van der Waals surface area contributed by atoms with Gasteiger partial charge < -0.3 is 15.0 Å². The number of carbonyl (C=O) groups excluding carboxylic acids is 2. The van der Waals surface area contributed by atoms with Gasteiger partial charge in [0.2, 0.25) is 0 Å². The van der Waals surface area contributed by atoms with Crippen LogP contribution in [-0.4, -0.2) is 30.4 Å². The van der Waals surface area contributed by atoms with Gasteiger partial charge in [0.25, 0.3) is 11.8 Å². The van der Waals surface area contributed by atoms with E-state index in [1.165, 1.54) is 11.1 Å². The zero-order valence-corrected chi connectivity index (χ0v) is 13.4. The fourth-order valence-electron chi connectivity index (χ4n) is 3.50. The average molecular weight is 322 g/mol. The van der Waals surface area contributed by atoms with Crippen LogP contribution in [0.2, 0.25) is 0 Å². The van der Waals surface area contributed by atoms with Crippen molar-refractivity contribution in [2.45, 2.75) is 18.9 Å². The monoisotopic (exact) mass is 322 g/mol. The quantitative estimate of drug-likeness (QED) is 0.925. The number of carbonyl (C=O) groups is 2. The molecule has 2 aromatic rings. The van der Waals surface area contributed by atoms with E-state index in [1.807, 2.05) is 19.2 Å². The SMILES string of the molecule is CN(C(=O)c1ccc2c(c1)NC(=O)CO2)C1CCc2ccccc21. The number of nitrogens with zero attached hydrogens (tertiary/aromatic N) is 1. The van der Waals surface area contributed by atoms with Crippen molar-refractivity contribution < 1.29 is 14.3 Å². The van der Waals surface area contributed by atoms with Gasteiger partial charge in [0.1, 0.15) is 5.75 Å². The topological polar surface area (TPSA) is 58.6 Å². The third kappa shape index (κ3) is 2.42. The minimum atomic E-state index is -0.204. The lowest BCUT2D eigenvalue weighted by atomic mass is 10.1. The van der Waals surface area contributed by atoms with Crippen molar-refractivity contribution >= 4 is 17.5 Å². The molecule has 1 N–H and O–H groups in total. The van der Waals surface area contributed by atoms with Crippen LogP contribution in [0.5, 0.6) is 5.75 Å². The summed E-state index contributed by atoms with van der Waals surface area (Å²) >= 11 is 0. The number of rotatable bonds is 2. The molecule has 1 unspecified atom stereocenters. The minimum Gasteiger partial charge on any atom is -0.482 e. The van der Waals surface area contributed by atoms with Gasteiger partial charge >= 0.3 is 0 Å². The van der Waals surface area contributed by atoms with Gasteiger partial charge in [-0.05, 0) is 42.2 Å². The smallest absolute Gasteiger partial charge is 0.262 e. The van der Waals surface area contributed by atoms with Crippen molar-refractivity contribution in [1.82, 2.24) is 4.90 Å². The Hall–Kier alpha value is -2.82. The molecule has 4 rings (SSSR count). The second-order valence-electron chi connectivity index (χ2n) is 6.22. The molecule has 1 aliphatic carbocycles. The minimum absolute atomic E-state index is 0.0130. The average Bonchev–Trinajstić information content (AvgIpc) is 3.04. The molecule has 2 amide bonds. The standard InChI is InChI=1S/C19H18N2O3/c1-21(16-8-6-12-4-2-3-5-14(12)16)19(23)13-7-9-17-15(10-13)20-18(22)11-24-17/h2-5,7,9-10,16H,6,8,11H2,1H3,(H,20,22). The Labute approximate surface area is 140 Å². The van der Waals surface area contributed by atoms with Crippen molar-refractivity contribution in [2.24, 2.45) is 0 Å². The van der Waals surface area contributed by atoms with Gasteiger partial charge in [0.15, 0.2) is 6.61 Å². The van der Waals surface area contributed by atoms with Gasteiger partial charge in [0, 0.05) is 12.6 Å². The zero-order valence-electron chi connectivity index (χ0n) is 13.4. The first kappa shape index (κ1) is 14.8. The molecule has 5 nitrogen and oxygen atoms in total. The van der Waals surface area contributed by atoms with Crippen molar-refractivity contribution in [3.8, 4) is 5.75 Å². The van der Waals surface area contributed by atoms with Gasteiger partial charge in [-0.2, -0.15) is 0 Å². The third-order valence-electron chi connectivity index (χ3n) is 4.75. The number of aryl methyl sites for hydroxylation is 1. The van der Waals surface area contributed by atoms with Gasteiger partial charge in [-0.25, -0.2) is 0 Å². The first-order valence-electron chi connectivity index (χ1n) is 8.05. The largest absolute Gasteiger partial charge is 0.482 e. The van der Waals surface area contributed by atoms with Crippen LogP contribution in [0.1, 0.15) is 33.9 Å². The van der Waals surface area contributed by atoms with Gasteiger partial charge in [-0.1, -0.05) is 24.3 Å². The van der Waals surface area contributed by atoms with Crippen LogP contribution in [0.3, 0.4) is 0 Å². The zero-order chi connectivity index (χ0) is 16.7. The van der Waals surface area contributed by atoms with Gasteiger partial charge in [-0.3, -0.25) is 9.59 Å². The van der Waals surface area contributed by atoms with E-state index < -0.39 is 0 Å². The Bertz CT molecular complexity index is 831. The van der Waals surface area contributed by atoms with E-state index in [0.717, 1.165) is 12.8 Å². The highest BCUT2D eigenvalue weighted by molar-refractivity contribution is 6.00. The van der Waals surface area contributed by atoms with Crippen LogP contribution >= 0.6 is 0 Å². The molecule has 24 heavy (non-hydrogen) atoms. The van der Waals surface area contributed by atoms with Crippen LogP contribution in [0.25, 0.3) is 0 Å². The Kier molecular flexibility index (Phi) is 3.49. The predicted molar refractivity (Wildman–Crippen MR) is 90.2 cm³/mol. The summed E-state index contributed by atoms with van der Waals surface area (Å²) < 4.78 is 5.34. The first-order chi connectivity index (χ1) is 11.6. The van der Waals surface area contributed by atoms with E-state index in [-0.39, 0.29) is 24.5 Å². The maximum atomic E-state index is 12.9. The Morgan fingerprint density at radius 1 is 1.25 bits per heavy atom. The van der Waals surface area contributed by atoms with Crippen molar-refractivity contribution in [3.63, 3.8) is 0 Å². The highest BCUT2D eigenvalue weighted by Crippen LogP contribution is 2.36. The molecule has 122 valence electrons. The van der Waals surface area contributed by atoms with Gasteiger partial charge in [0.05, 0.1) is 11.7 Å². The Morgan fingerprint density at radius 3 is 2.96 bits per heavy atom. The van der Waals surface area contributed by atoms with Crippen LogP contribution in [0.15, 0.2) is 42.5 Å². The Morgan fingerprint density at radius 2 is 2.08 bits per heavy atom. The highest BCUT2D eigenvalue weighted by atomic mass is 16.5. The summed E-state index contributed by atoms with van der Waals surface area (Å²) in [5.41, 5.74) is 3.64. The number of ether oxygens (including phenoxy) is 1. The number of hydrogen-bond acceptors (Lipinski definition) is 3. The lowest BCUT2D eigenvalue weighted by molar-refractivity contribution is -0.118. The summed E-state index contributed by atoms with van der Waals surface area (Å²) in [5, 5.41) is 2.74. The van der Waals surface area contributed by atoms with E-state index in [9.17, 15) is 9.59 Å². The first-order valence-corrected chi connectivity index (χ1v) is 8.05. The third-order valence-corrected chi connectivity index (χ3v) is 4.75. The van der Waals surface area contributed by atoms with E-state index in [0.29, 0.717) is 17.0 Å². The summed E-state index contributed by atoms with van der Waals surface area (Å²) in [4.78, 5) is 26.1. The molecule has 0 saturated heterocycles. The second kappa shape index (κ2) is 5.67. The fourth-order valence-corrected chi connectivity index (χ4v) is 3.50. The highest BCUT2D eigenvalue weighted by Gasteiger charge is 2.29. The Balaban J connectivity index is 1.60. The van der Waals surface area contributed by atoms with Crippen LogP contribution in [0, 0.1) is 0 Å². The number of benzene rings is 2. The molecule has 1 atom stereocenters. The number of nitrogens with one attached hydrogen (secondary N) is 1. The maximum absolute atomic E-state index is 12.9. The summed E-state index contributed by atoms with van der Waals surface area (Å²) in [6, 6.07) is 13.5. The molecule has 0 aromatic heterocycles. The molecule has 5 heteroatoms. The lowest BCUT2D eigenvalue weighted by Gasteiger charge is -2.26. The van der Waals surface area contributed by atoms with E-state index in [1.54, 1.807) is 23.1 Å². The number of fused-ring (bicyclic) bond motifs is 2. The molecular formula is C19H18N2O3. The second-order valence-corrected chi connectivity index (χ2v) is 6.22. The predicted octanol–water partition coefficient (Wildman–Crippen LogP) is 2.78. The molecule has 2 aromatic carbocycles. The normalized spacial score (nSPS) is 18.2. The number of amides is 2. The van der Waals surface area contributed by atoms with E-state index >= 15 is 0 Å². The van der Waals surface area contributed by atoms with Crippen molar-refractivity contribution in [2.75, 3.05) is 19.0 Å². The molecular weight excluding hydrogens is 304 g/mol. The molecule has 0 saturated carbocycles. The fraction of sp³-hybridized carbons (Fsp3) is 0.263. The van der Waals surface area contributed by atoms with E-state index in [2.05, 4.69) is 17.4 Å². The summed E-state index contributed by atoms with van der Waals surface area (Å²) in [6.45, 7) is 0.0130. The molecule has 2 aliphatic rings. The lowest BCUT2D eigenvalue weighted by Crippen LogP contribution is -2.30. The molecule has 1 heterocycles. The van der Waals surface area contributed by atoms with Crippen LogP contribution in [-0.2, 0) is 11.2 Å². The molecule has 0 radical (unpaired) electrons. The van der Waals surface area contributed by atoms with Gasteiger partial charge in [-0.15, -0.1) is 0 Å². The number of hydrogen-bond donors (Lipinski definition) is 1. The van der Waals surface area contributed by atoms with Crippen LogP contribution in [0.4, 0.5) is 5.69 Å². The van der Waals surface area contributed by atoms with Crippen LogP contribution < -0.4 is 10.1 Å². The summed E-state index contributed by atoms with van der Waals surface area (Å²) in [7, 11) is 1.84. The van der Waals surface area contributed by atoms with Crippen molar-refractivity contribution in [3.05, 3.63) is 59.2 Å². The number of anilines is 1. The molecule has 0 fully saturated rings. The van der Waals surface area contributed by atoms with E-state index in [4.69, 9.17) is 4.74 Å².